The third-order valence-electron chi connectivity index (χ3n) is 2.84. The van der Waals surface area contributed by atoms with Crippen LogP contribution in [0.5, 0.6) is 0 Å². The molecule has 0 radical (unpaired) electrons. The zero-order valence-electron chi connectivity index (χ0n) is 11.4. The average Bonchev–Trinajstić information content (AvgIpc) is 2.40. The summed E-state index contributed by atoms with van der Waals surface area (Å²) in [5.74, 6) is 0. The lowest BCUT2D eigenvalue weighted by Gasteiger charge is -2.22. The van der Waals surface area contributed by atoms with Gasteiger partial charge in [0.05, 0.1) is 18.5 Å². The molecule has 0 aliphatic heterocycles. The van der Waals surface area contributed by atoms with Gasteiger partial charge in [-0.15, -0.1) is 0 Å². The summed E-state index contributed by atoms with van der Waals surface area (Å²) in [4.78, 5) is 12.0. The van der Waals surface area contributed by atoms with Crippen LogP contribution in [-0.4, -0.2) is 39.0 Å². The van der Waals surface area contributed by atoms with Gasteiger partial charge in [0.15, 0.2) is 0 Å². The highest BCUT2D eigenvalue weighted by Crippen LogP contribution is 2.20. The minimum atomic E-state index is -0.135. The monoisotopic (exact) mass is 349 g/mol. The van der Waals surface area contributed by atoms with Crippen LogP contribution in [0.15, 0.2) is 15.5 Å². The molecule has 0 saturated carbocycles. The minimum absolute atomic E-state index is 0.0412. The van der Waals surface area contributed by atoms with Crippen molar-refractivity contribution in [1.29, 1.82) is 0 Å². The van der Waals surface area contributed by atoms with E-state index >= 15 is 0 Å². The predicted molar refractivity (Wildman–Crippen MR) is 84.0 cm³/mol. The third-order valence-corrected chi connectivity index (χ3v) is 4.77. The first-order valence-corrected chi connectivity index (χ1v) is 8.29. The molecule has 2 unspecified atom stereocenters. The minimum Gasteiger partial charge on any atom is -0.395 e. The number of aromatic nitrogens is 2. The summed E-state index contributed by atoms with van der Waals surface area (Å²) in [6.07, 6.45) is 4.46. The first kappa shape index (κ1) is 16.5. The quantitative estimate of drug-likeness (QED) is 0.787. The molecule has 5 nitrogen and oxygen atoms in total. The molecule has 0 saturated heterocycles. The second-order valence-electron chi connectivity index (χ2n) is 4.29. The van der Waals surface area contributed by atoms with E-state index in [0.717, 1.165) is 6.42 Å². The SMILES string of the molecule is CCCn1ncc(NC(C)C(CO)SC)c(Br)c1=O. The molecular formula is C12H20BrN3O2S. The Kier molecular flexibility index (Phi) is 6.88. The summed E-state index contributed by atoms with van der Waals surface area (Å²) < 4.78 is 1.93. The molecule has 7 heteroatoms. The van der Waals surface area contributed by atoms with Gasteiger partial charge in [-0.2, -0.15) is 16.9 Å². The van der Waals surface area contributed by atoms with Crippen LogP contribution >= 0.6 is 27.7 Å². The first-order chi connectivity index (χ1) is 9.04. The summed E-state index contributed by atoms with van der Waals surface area (Å²) in [6.45, 7) is 4.67. The number of aryl methyl sites for hydroxylation is 1. The average molecular weight is 350 g/mol. The van der Waals surface area contributed by atoms with Crippen molar-refractivity contribution in [2.24, 2.45) is 0 Å². The molecule has 108 valence electrons. The zero-order chi connectivity index (χ0) is 14.4. The topological polar surface area (TPSA) is 67.2 Å². The van der Waals surface area contributed by atoms with Gasteiger partial charge in [-0.25, -0.2) is 4.68 Å². The smallest absolute Gasteiger partial charge is 0.283 e. The van der Waals surface area contributed by atoms with Crippen LogP contribution in [0.25, 0.3) is 0 Å². The Balaban J connectivity index is 2.91. The third kappa shape index (κ3) is 4.22. The van der Waals surface area contributed by atoms with Crippen molar-refractivity contribution in [3.63, 3.8) is 0 Å². The van der Waals surface area contributed by atoms with Crippen LogP contribution in [0.3, 0.4) is 0 Å². The predicted octanol–water partition coefficient (Wildman–Crippen LogP) is 1.94. The highest BCUT2D eigenvalue weighted by molar-refractivity contribution is 9.10. The summed E-state index contributed by atoms with van der Waals surface area (Å²) in [7, 11) is 0. The van der Waals surface area contributed by atoms with E-state index in [1.807, 2.05) is 20.1 Å². The lowest BCUT2D eigenvalue weighted by molar-refractivity contribution is 0.288. The van der Waals surface area contributed by atoms with E-state index in [4.69, 9.17) is 0 Å². The summed E-state index contributed by atoms with van der Waals surface area (Å²) in [5.41, 5.74) is 0.529. The van der Waals surface area contributed by atoms with Crippen LogP contribution in [-0.2, 0) is 6.54 Å². The Labute approximate surface area is 125 Å². The molecule has 0 amide bonds. The van der Waals surface area contributed by atoms with Crippen molar-refractivity contribution >= 4 is 33.4 Å². The summed E-state index contributed by atoms with van der Waals surface area (Å²) in [5, 5.41) is 16.7. The van der Waals surface area contributed by atoms with Gasteiger partial charge in [0.2, 0.25) is 0 Å². The van der Waals surface area contributed by atoms with E-state index in [1.165, 1.54) is 4.68 Å². The Morgan fingerprint density at radius 2 is 2.32 bits per heavy atom. The second-order valence-corrected chi connectivity index (χ2v) is 6.16. The number of nitrogens with zero attached hydrogens (tertiary/aromatic N) is 2. The lowest BCUT2D eigenvalue weighted by Crippen LogP contribution is -2.32. The molecule has 1 aromatic heterocycles. The number of aliphatic hydroxyl groups excluding tert-OH is 1. The number of rotatable bonds is 7. The van der Waals surface area contributed by atoms with Crippen LogP contribution in [0.4, 0.5) is 5.69 Å². The van der Waals surface area contributed by atoms with E-state index in [0.29, 0.717) is 16.7 Å². The highest BCUT2D eigenvalue weighted by atomic mass is 79.9. The normalized spacial score (nSPS) is 14.2. The Hall–Kier alpha value is -0.530. The van der Waals surface area contributed by atoms with Crippen LogP contribution in [0, 0.1) is 0 Å². The van der Waals surface area contributed by atoms with Gasteiger partial charge in [-0.1, -0.05) is 6.92 Å². The van der Waals surface area contributed by atoms with Gasteiger partial charge >= 0.3 is 0 Å². The Morgan fingerprint density at radius 3 is 2.84 bits per heavy atom. The number of thioether (sulfide) groups is 1. The fourth-order valence-corrected chi connectivity index (χ4v) is 2.76. The molecule has 0 aliphatic carbocycles. The van der Waals surface area contributed by atoms with Gasteiger partial charge in [0.25, 0.3) is 5.56 Å². The van der Waals surface area contributed by atoms with Gasteiger partial charge in [0.1, 0.15) is 4.47 Å². The summed E-state index contributed by atoms with van der Waals surface area (Å²) >= 11 is 4.90. The number of halogens is 1. The number of hydrogen-bond donors (Lipinski definition) is 2. The molecule has 2 atom stereocenters. The van der Waals surface area contributed by atoms with Gasteiger partial charge in [0, 0.05) is 17.8 Å². The first-order valence-electron chi connectivity index (χ1n) is 6.20. The van der Waals surface area contributed by atoms with Crippen LogP contribution in [0.1, 0.15) is 20.3 Å². The van der Waals surface area contributed by atoms with Gasteiger partial charge in [-0.05, 0) is 35.5 Å². The maximum atomic E-state index is 12.0. The molecule has 0 fully saturated rings. The molecular weight excluding hydrogens is 330 g/mol. The Bertz CT molecular complexity index is 463. The largest absolute Gasteiger partial charge is 0.395 e. The van der Waals surface area contributed by atoms with E-state index in [9.17, 15) is 9.90 Å². The summed E-state index contributed by atoms with van der Waals surface area (Å²) in [6, 6.07) is 0.0412. The van der Waals surface area contributed by atoms with Crippen molar-refractivity contribution in [3.05, 3.63) is 21.0 Å². The van der Waals surface area contributed by atoms with Crippen molar-refractivity contribution in [3.8, 4) is 0 Å². The van der Waals surface area contributed by atoms with Crippen molar-refractivity contribution in [1.82, 2.24) is 9.78 Å². The van der Waals surface area contributed by atoms with E-state index in [1.54, 1.807) is 18.0 Å². The number of nitrogens with one attached hydrogen (secondary N) is 1. The van der Waals surface area contributed by atoms with Crippen molar-refractivity contribution in [2.45, 2.75) is 38.1 Å². The Morgan fingerprint density at radius 1 is 1.63 bits per heavy atom. The van der Waals surface area contributed by atoms with Crippen LogP contribution < -0.4 is 10.9 Å². The van der Waals surface area contributed by atoms with E-state index in [2.05, 4.69) is 26.3 Å². The molecule has 1 aromatic rings. The molecule has 0 bridgehead atoms. The van der Waals surface area contributed by atoms with Crippen molar-refractivity contribution in [2.75, 3.05) is 18.2 Å². The fraction of sp³-hybridized carbons (Fsp3) is 0.667. The number of anilines is 1. The standard InChI is InChI=1S/C12H20BrN3O2S/c1-4-5-16-12(18)11(13)9(6-14-16)15-8(2)10(7-17)19-3/h6,8,10,15,17H,4-5,7H2,1-3H3. The number of aliphatic hydroxyl groups is 1. The maximum Gasteiger partial charge on any atom is 0.283 e. The van der Waals surface area contributed by atoms with E-state index in [-0.39, 0.29) is 23.5 Å². The molecule has 1 heterocycles. The molecule has 0 spiro atoms. The zero-order valence-corrected chi connectivity index (χ0v) is 13.8. The van der Waals surface area contributed by atoms with Gasteiger partial charge in [-0.3, -0.25) is 4.79 Å². The highest BCUT2D eigenvalue weighted by Gasteiger charge is 2.17. The van der Waals surface area contributed by atoms with E-state index < -0.39 is 0 Å². The van der Waals surface area contributed by atoms with Crippen LogP contribution in [0.2, 0.25) is 0 Å². The van der Waals surface area contributed by atoms with Gasteiger partial charge < -0.3 is 10.4 Å². The lowest BCUT2D eigenvalue weighted by atomic mass is 10.2. The molecule has 0 aromatic carbocycles. The second kappa shape index (κ2) is 7.91. The fourth-order valence-electron chi connectivity index (χ4n) is 1.71. The molecule has 19 heavy (non-hydrogen) atoms. The molecule has 0 aliphatic rings. The molecule has 2 N–H and O–H groups in total. The molecule has 1 rings (SSSR count). The maximum absolute atomic E-state index is 12.0. The number of hydrogen-bond acceptors (Lipinski definition) is 5. The van der Waals surface area contributed by atoms with Crippen molar-refractivity contribution < 1.29 is 5.11 Å².